The number of carbonyl (C=O) groups excluding carboxylic acids is 2. The van der Waals surface area contributed by atoms with Crippen LogP contribution in [0.5, 0.6) is 0 Å². The molecule has 0 atom stereocenters. The zero-order chi connectivity index (χ0) is 30.3. The van der Waals surface area contributed by atoms with E-state index in [0.29, 0.717) is 24.3 Å². The molecule has 1 N–H and O–H groups in total. The van der Waals surface area contributed by atoms with Crippen LogP contribution in [0, 0.1) is 0 Å². The second kappa shape index (κ2) is 9.97. The van der Waals surface area contributed by atoms with Crippen molar-refractivity contribution in [2.45, 2.75) is 54.8 Å². The van der Waals surface area contributed by atoms with E-state index in [1.54, 1.807) is 0 Å². The Morgan fingerprint density at radius 1 is 0.711 bits per heavy atom. The molecule has 0 aromatic heterocycles. The zero-order valence-electron chi connectivity index (χ0n) is 17.9. The first kappa shape index (κ1) is 33.1. The van der Waals surface area contributed by atoms with Gasteiger partial charge in [-0.1, -0.05) is 0 Å². The van der Waals surface area contributed by atoms with Crippen LogP contribution in [0.1, 0.15) is 17.3 Å². The third kappa shape index (κ3) is 4.80. The van der Waals surface area contributed by atoms with Crippen molar-refractivity contribution in [3.05, 3.63) is 29.8 Å². The van der Waals surface area contributed by atoms with Crippen LogP contribution in [0.3, 0.4) is 0 Å². The number of halogens is 16. The first-order chi connectivity index (χ1) is 16.8. The molecule has 0 saturated heterocycles. The lowest BCUT2D eigenvalue weighted by molar-refractivity contribution is -0.443. The maximum Gasteiger partial charge on any atom is 0.393 e. The third-order valence-corrected chi connectivity index (χ3v) is 4.60. The molecule has 0 fully saturated rings. The van der Waals surface area contributed by atoms with E-state index in [-0.39, 0.29) is 12.2 Å². The highest BCUT2D eigenvalue weighted by atomic mass is 19.4. The molecule has 0 bridgehead atoms. The summed E-state index contributed by atoms with van der Waals surface area (Å²) in [5.41, 5.74) is -1.38. The second-order valence-corrected chi connectivity index (χ2v) is 7.12. The number of rotatable bonds is 11. The number of anilines is 1. The minimum Gasteiger partial charge on any atom is -0.462 e. The maximum absolute atomic E-state index is 13.9. The van der Waals surface area contributed by atoms with Crippen LogP contribution in [0.2, 0.25) is 0 Å². The number of ether oxygens (including phenoxy) is 1. The van der Waals surface area contributed by atoms with Crippen molar-refractivity contribution in [1.29, 1.82) is 0 Å². The van der Waals surface area contributed by atoms with Gasteiger partial charge in [-0.3, -0.25) is 4.79 Å². The molecule has 0 aliphatic carbocycles. The minimum absolute atomic E-state index is 0.164. The highest BCUT2D eigenvalue weighted by Gasteiger charge is 2.94. The monoisotopic (exact) mass is 593 g/mol. The molecule has 38 heavy (non-hydrogen) atoms. The third-order valence-electron chi connectivity index (χ3n) is 4.60. The summed E-state index contributed by atoms with van der Waals surface area (Å²) in [6.45, 7) is 1.19. The summed E-state index contributed by atoms with van der Waals surface area (Å²) in [6, 6.07) is 2.31. The molecule has 218 valence electrons. The fraction of sp³-hybridized carbons (Fsp3) is 0.556. The van der Waals surface area contributed by atoms with E-state index in [2.05, 4.69) is 4.74 Å². The van der Waals surface area contributed by atoms with Gasteiger partial charge in [0.05, 0.1) is 12.2 Å². The van der Waals surface area contributed by atoms with Gasteiger partial charge in [0.1, 0.15) is 0 Å². The highest BCUT2D eigenvalue weighted by Crippen LogP contribution is 2.62. The average molecular weight is 593 g/mol. The molecule has 0 unspecified atom stereocenters. The molecule has 1 rings (SSSR count). The summed E-state index contributed by atoms with van der Waals surface area (Å²) >= 11 is 0. The average Bonchev–Trinajstić information content (AvgIpc) is 2.78. The lowest BCUT2D eigenvalue weighted by Gasteiger charge is -2.42. The summed E-state index contributed by atoms with van der Waals surface area (Å²) < 4.78 is 218. The van der Waals surface area contributed by atoms with Gasteiger partial charge in [-0.2, -0.15) is 61.5 Å². The lowest BCUT2D eigenvalue weighted by atomic mass is 9.89. The number of alkyl halides is 16. The maximum atomic E-state index is 13.9. The van der Waals surface area contributed by atoms with Crippen molar-refractivity contribution < 1.29 is 84.6 Å². The quantitative estimate of drug-likeness (QED) is 0.235. The van der Waals surface area contributed by atoms with Crippen LogP contribution in [-0.4, -0.2) is 66.4 Å². The second-order valence-electron chi connectivity index (χ2n) is 7.12. The molecule has 0 radical (unpaired) electrons. The highest BCUT2D eigenvalue weighted by molar-refractivity contribution is 5.97. The summed E-state index contributed by atoms with van der Waals surface area (Å²) in [4.78, 5) is 22.9. The molecule has 20 heteroatoms. The van der Waals surface area contributed by atoms with E-state index in [1.165, 1.54) is 6.92 Å². The molecule has 0 aliphatic heterocycles. The van der Waals surface area contributed by atoms with E-state index in [0.717, 1.165) is 5.32 Å². The number of amides is 1. The van der Waals surface area contributed by atoms with Gasteiger partial charge in [0.15, 0.2) is 0 Å². The number of nitrogens with one attached hydrogen (secondary N) is 1. The molecule has 0 spiro atoms. The van der Waals surface area contributed by atoms with Gasteiger partial charge < -0.3 is 10.1 Å². The van der Waals surface area contributed by atoms with Crippen LogP contribution in [0.4, 0.5) is 75.9 Å². The molecule has 1 aromatic rings. The van der Waals surface area contributed by atoms with Crippen LogP contribution in [0.25, 0.3) is 0 Å². The molecule has 4 nitrogen and oxygen atoms in total. The summed E-state index contributed by atoms with van der Waals surface area (Å²) in [6.07, 6.45) is -5.95. The molecule has 1 aromatic carbocycles. The fourth-order valence-corrected chi connectivity index (χ4v) is 2.39. The Hall–Kier alpha value is -2.96. The van der Waals surface area contributed by atoms with Gasteiger partial charge in [-0.05, 0) is 31.2 Å². The first-order valence-electron chi connectivity index (χ1n) is 9.30. The van der Waals surface area contributed by atoms with E-state index in [4.69, 9.17) is 0 Å². The smallest absolute Gasteiger partial charge is 0.393 e. The van der Waals surface area contributed by atoms with Gasteiger partial charge >= 0.3 is 59.8 Å². The summed E-state index contributed by atoms with van der Waals surface area (Å²) in [7, 11) is 0. The van der Waals surface area contributed by atoms with Gasteiger partial charge in [0.2, 0.25) is 0 Å². The van der Waals surface area contributed by atoms with Crippen molar-refractivity contribution in [3.8, 4) is 0 Å². The molecular weight excluding hydrogens is 582 g/mol. The van der Waals surface area contributed by atoms with Crippen molar-refractivity contribution >= 4 is 17.6 Å². The van der Waals surface area contributed by atoms with Gasteiger partial charge in [-0.15, -0.1) is 0 Å². The van der Waals surface area contributed by atoms with Gasteiger partial charge in [-0.25, -0.2) is 13.6 Å². The Bertz CT molecular complexity index is 1020. The van der Waals surface area contributed by atoms with Crippen molar-refractivity contribution in [2.24, 2.45) is 0 Å². The minimum atomic E-state index is -8.60. The number of carbonyl (C=O) groups is 2. The Kier molecular flexibility index (Phi) is 8.68. The predicted octanol–water partition coefficient (Wildman–Crippen LogP) is 6.51. The molecule has 0 saturated carbocycles. The number of esters is 1. The zero-order valence-corrected chi connectivity index (χ0v) is 17.9. The lowest BCUT2D eigenvalue weighted by Crippen LogP contribution is -2.74. The number of benzene rings is 1. The largest absolute Gasteiger partial charge is 0.462 e. The van der Waals surface area contributed by atoms with Gasteiger partial charge in [0.25, 0.3) is 0 Å². The Balaban J connectivity index is 3.43. The van der Waals surface area contributed by atoms with Crippen LogP contribution < -0.4 is 5.32 Å². The van der Waals surface area contributed by atoms with Gasteiger partial charge in [0, 0.05) is 5.69 Å². The first-order valence-corrected chi connectivity index (χ1v) is 9.30. The molecule has 0 heterocycles. The molecule has 1 amide bonds. The van der Waals surface area contributed by atoms with Crippen LogP contribution in [0.15, 0.2) is 24.3 Å². The Morgan fingerprint density at radius 3 is 1.50 bits per heavy atom. The van der Waals surface area contributed by atoms with E-state index >= 15 is 0 Å². The van der Waals surface area contributed by atoms with Crippen molar-refractivity contribution in [1.82, 2.24) is 0 Å². The summed E-state index contributed by atoms with van der Waals surface area (Å²) in [5.74, 6) is -61.2. The van der Waals surface area contributed by atoms with Crippen molar-refractivity contribution in [3.63, 3.8) is 0 Å². The predicted molar refractivity (Wildman–Crippen MR) is 91.7 cm³/mol. The molecule has 0 aliphatic rings. The van der Waals surface area contributed by atoms with E-state index < -0.39 is 65.4 Å². The number of hydrogen-bond donors (Lipinski definition) is 1. The fourth-order valence-electron chi connectivity index (χ4n) is 2.39. The topological polar surface area (TPSA) is 55.4 Å². The normalized spacial score (nSPS) is 14.5. The Morgan fingerprint density at radius 2 is 1.11 bits per heavy atom. The molecular formula is C18H11F16NO3. The Labute approximate surface area is 199 Å². The number of hydrogen-bond acceptors (Lipinski definition) is 3. The van der Waals surface area contributed by atoms with Crippen LogP contribution in [-0.2, 0) is 9.53 Å². The van der Waals surface area contributed by atoms with E-state index in [1.807, 2.05) is 0 Å². The van der Waals surface area contributed by atoms with E-state index in [9.17, 15) is 79.8 Å². The summed E-state index contributed by atoms with van der Waals surface area (Å²) in [5, 5.41) is 0.764. The standard InChI is InChI=1S/C18H11F16NO3/c1-2-38-9(36)7-3-5-8(6-4-7)35-11(37)13(23,24)15(27,28)17(31,32)18(33,34)16(29,30)14(25,26)12(21,22)10(19)20/h3-6,10H,2H2,1H3,(H,35,37). The SMILES string of the molecule is CCOC(=O)c1ccc(NC(=O)C(F)(F)C(F)(F)C(F)(F)C(F)(F)C(F)(F)C(F)(F)C(F)(F)C(F)F)cc1. The van der Waals surface area contributed by atoms with Crippen LogP contribution >= 0.6 is 0 Å². The van der Waals surface area contributed by atoms with Crippen molar-refractivity contribution in [2.75, 3.05) is 11.9 Å².